The van der Waals surface area contributed by atoms with Gasteiger partial charge < -0.3 is 25.2 Å². The van der Waals surface area contributed by atoms with Crippen molar-refractivity contribution in [2.45, 2.75) is 45.3 Å². The van der Waals surface area contributed by atoms with Crippen molar-refractivity contribution in [3.8, 4) is 5.75 Å². The molecule has 0 saturated heterocycles. The van der Waals surface area contributed by atoms with E-state index in [1.165, 1.54) is 4.90 Å². The number of rotatable bonds is 1. The fraction of sp³-hybridized carbons (Fsp3) is 0.526. The van der Waals surface area contributed by atoms with Gasteiger partial charge in [0.1, 0.15) is 11.4 Å². The van der Waals surface area contributed by atoms with Crippen LogP contribution in [0.15, 0.2) is 12.1 Å². The molecule has 6 nitrogen and oxygen atoms in total. The molecule has 0 aromatic heterocycles. The van der Waals surface area contributed by atoms with Crippen molar-refractivity contribution < 1.29 is 23.8 Å². The molecule has 2 aliphatic heterocycles. The number of nitrogens with zero attached hydrogens (tertiary/aromatic N) is 1. The van der Waals surface area contributed by atoms with Gasteiger partial charge >= 0.3 is 6.09 Å². The summed E-state index contributed by atoms with van der Waals surface area (Å²) in [6.07, 6.45) is 1.26. The molecule has 1 atom stereocenters. The Balaban J connectivity index is 1.92. The molecule has 3 rings (SSSR count). The number of ether oxygens (including phenoxy) is 2. The number of nitrogen functional groups attached to an aromatic ring is 1. The average Bonchev–Trinajstić information content (AvgIpc) is 2.87. The molecule has 7 heteroatoms. The minimum absolute atomic E-state index is 0.0629. The van der Waals surface area contributed by atoms with Gasteiger partial charge in [-0.25, -0.2) is 9.18 Å². The molecule has 0 bridgehead atoms. The van der Waals surface area contributed by atoms with E-state index in [1.807, 2.05) is 0 Å². The van der Waals surface area contributed by atoms with E-state index in [9.17, 15) is 14.3 Å². The quantitative estimate of drug-likeness (QED) is 0.749. The second kappa shape index (κ2) is 6.79. The van der Waals surface area contributed by atoms with E-state index >= 15 is 0 Å². The molecule has 1 aromatic rings. The smallest absolute Gasteiger partial charge is 0.410 e. The number of carbonyl (C=O) groups excluding carboxylic acids is 1. The summed E-state index contributed by atoms with van der Waals surface area (Å²) in [4.78, 5) is 13.7. The fourth-order valence-corrected chi connectivity index (χ4v) is 3.25. The maximum atomic E-state index is 14.7. The van der Waals surface area contributed by atoms with Crippen molar-refractivity contribution in [1.29, 1.82) is 0 Å². The highest BCUT2D eigenvalue weighted by Crippen LogP contribution is 2.40. The van der Waals surface area contributed by atoms with Crippen molar-refractivity contribution in [3.63, 3.8) is 0 Å². The molecule has 0 fully saturated rings. The third-order valence-corrected chi connectivity index (χ3v) is 4.36. The fourth-order valence-electron chi connectivity index (χ4n) is 3.25. The number of hydrogen-bond donors (Lipinski definition) is 2. The lowest BCUT2D eigenvalue weighted by molar-refractivity contribution is 0.0186. The van der Waals surface area contributed by atoms with E-state index < -0.39 is 23.6 Å². The van der Waals surface area contributed by atoms with E-state index in [1.54, 1.807) is 32.9 Å². The molecule has 1 amide bonds. The zero-order valence-electron chi connectivity index (χ0n) is 15.3. The van der Waals surface area contributed by atoms with Crippen LogP contribution in [-0.4, -0.2) is 47.5 Å². The maximum Gasteiger partial charge on any atom is 0.410 e. The van der Waals surface area contributed by atoms with Crippen LogP contribution in [0.1, 0.15) is 38.3 Å². The van der Waals surface area contributed by atoms with Gasteiger partial charge in [-0.2, -0.15) is 0 Å². The molecule has 0 saturated carbocycles. The first-order valence-electron chi connectivity index (χ1n) is 8.74. The molecule has 0 aliphatic carbocycles. The van der Waals surface area contributed by atoms with Crippen LogP contribution in [0.5, 0.6) is 5.75 Å². The Morgan fingerprint density at radius 2 is 2.19 bits per heavy atom. The predicted molar refractivity (Wildman–Crippen MR) is 96.4 cm³/mol. The summed E-state index contributed by atoms with van der Waals surface area (Å²) in [5.41, 5.74) is 6.99. The Labute approximate surface area is 152 Å². The van der Waals surface area contributed by atoms with Crippen LogP contribution >= 0.6 is 0 Å². The summed E-state index contributed by atoms with van der Waals surface area (Å²) in [5, 5.41) is 10.4. The highest BCUT2D eigenvalue weighted by molar-refractivity contribution is 5.78. The van der Waals surface area contributed by atoms with Crippen LogP contribution in [0.4, 0.5) is 14.9 Å². The van der Waals surface area contributed by atoms with E-state index in [2.05, 4.69) is 0 Å². The van der Waals surface area contributed by atoms with Crippen molar-refractivity contribution in [1.82, 2.24) is 4.90 Å². The van der Waals surface area contributed by atoms with Gasteiger partial charge in [-0.05, 0) is 32.4 Å². The molecule has 26 heavy (non-hydrogen) atoms. The van der Waals surface area contributed by atoms with Crippen LogP contribution in [0.25, 0.3) is 5.57 Å². The van der Waals surface area contributed by atoms with E-state index in [0.717, 1.165) is 5.56 Å². The minimum Gasteiger partial charge on any atom is -0.492 e. The monoisotopic (exact) mass is 364 g/mol. The number of amides is 1. The summed E-state index contributed by atoms with van der Waals surface area (Å²) in [7, 11) is 0. The van der Waals surface area contributed by atoms with Crippen LogP contribution in [0.3, 0.4) is 0 Å². The molecule has 142 valence electrons. The second-order valence-corrected chi connectivity index (χ2v) is 7.71. The number of anilines is 1. The highest BCUT2D eigenvalue weighted by atomic mass is 19.1. The van der Waals surface area contributed by atoms with Gasteiger partial charge in [-0.1, -0.05) is 6.08 Å². The van der Waals surface area contributed by atoms with Crippen LogP contribution in [-0.2, 0) is 11.2 Å². The average molecular weight is 364 g/mol. The molecular formula is C19H25FN2O4. The second-order valence-electron chi connectivity index (χ2n) is 7.71. The maximum absolute atomic E-state index is 14.7. The summed E-state index contributed by atoms with van der Waals surface area (Å²) < 4.78 is 25.7. The van der Waals surface area contributed by atoms with Crippen LogP contribution in [0.2, 0.25) is 0 Å². The van der Waals surface area contributed by atoms with Crippen LogP contribution in [0, 0.1) is 5.82 Å². The van der Waals surface area contributed by atoms with Gasteiger partial charge in [0.05, 0.1) is 30.5 Å². The van der Waals surface area contributed by atoms with Crippen molar-refractivity contribution in [2.75, 3.05) is 25.4 Å². The number of β-amino-alcohol motifs (C(OH)–C–C–N with tert-alkyl or cyclic N) is 1. The summed E-state index contributed by atoms with van der Waals surface area (Å²) in [6, 6.07) is 1.60. The first-order valence-corrected chi connectivity index (χ1v) is 8.74. The molecular weight excluding hydrogens is 339 g/mol. The zero-order chi connectivity index (χ0) is 19.1. The summed E-state index contributed by atoms with van der Waals surface area (Å²) in [5.74, 6) is -0.0595. The van der Waals surface area contributed by atoms with Crippen molar-refractivity contribution in [2.24, 2.45) is 0 Å². The van der Waals surface area contributed by atoms with E-state index in [4.69, 9.17) is 15.2 Å². The number of carbonyl (C=O) groups is 1. The van der Waals surface area contributed by atoms with Crippen molar-refractivity contribution in [3.05, 3.63) is 29.1 Å². The zero-order valence-corrected chi connectivity index (χ0v) is 15.3. The van der Waals surface area contributed by atoms with Gasteiger partial charge in [0.2, 0.25) is 0 Å². The Morgan fingerprint density at radius 1 is 1.46 bits per heavy atom. The SMILES string of the molecule is CC(C)(C)OC(=O)N1CC=C(c2c(F)c(N)cc3c2OCC3)CC(O)C1. The molecule has 2 heterocycles. The molecule has 1 unspecified atom stereocenters. The van der Waals surface area contributed by atoms with E-state index in [-0.39, 0.29) is 25.2 Å². The topological polar surface area (TPSA) is 85.0 Å². The number of aliphatic hydroxyl groups excluding tert-OH is 1. The Morgan fingerprint density at radius 3 is 2.88 bits per heavy atom. The van der Waals surface area contributed by atoms with Gasteiger partial charge in [0.25, 0.3) is 0 Å². The molecule has 3 N–H and O–H groups in total. The predicted octanol–water partition coefficient (Wildman–Crippen LogP) is 2.73. The Kier molecular flexibility index (Phi) is 4.84. The third-order valence-electron chi connectivity index (χ3n) is 4.36. The minimum atomic E-state index is -0.839. The lowest BCUT2D eigenvalue weighted by Gasteiger charge is -2.26. The lowest BCUT2D eigenvalue weighted by atomic mass is 9.95. The Bertz CT molecular complexity index is 755. The third kappa shape index (κ3) is 3.77. The van der Waals surface area contributed by atoms with E-state index in [0.29, 0.717) is 29.9 Å². The number of fused-ring (bicyclic) bond motifs is 1. The largest absolute Gasteiger partial charge is 0.492 e. The van der Waals surface area contributed by atoms with Gasteiger partial charge in [0.15, 0.2) is 5.82 Å². The van der Waals surface area contributed by atoms with Crippen molar-refractivity contribution >= 4 is 17.4 Å². The number of nitrogens with two attached hydrogens (primary N) is 1. The number of hydrogen-bond acceptors (Lipinski definition) is 5. The van der Waals surface area contributed by atoms with Crippen LogP contribution < -0.4 is 10.5 Å². The number of benzene rings is 1. The molecule has 0 spiro atoms. The lowest BCUT2D eigenvalue weighted by Crippen LogP contribution is -2.40. The summed E-state index contributed by atoms with van der Waals surface area (Å²) >= 11 is 0. The first-order chi connectivity index (χ1) is 12.2. The number of aliphatic hydroxyl groups is 1. The summed E-state index contributed by atoms with van der Waals surface area (Å²) in [6.45, 7) is 6.15. The molecule has 0 radical (unpaired) electrons. The molecule has 1 aromatic carbocycles. The number of halogens is 1. The first kappa shape index (κ1) is 18.5. The normalized spacial score (nSPS) is 20.1. The van der Waals surface area contributed by atoms with Gasteiger partial charge in [-0.3, -0.25) is 0 Å². The van der Waals surface area contributed by atoms with Gasteiger partial charge in [-0.15, -0.1) is 0 Å². The van der Waals surface area contributed by atoms with Gasteiger partial charge in [0, 0.05) is 24.9 Å². The standard InChI is InChI=1S/C19H25FN2O4/c1-19(2,3)26-18(24)22-6-4-11(8-13(23)10-22)15-16(20)14(21)9-12-5-7-25-17(12)15/h4,9,13,23H,5-8,10,21H2,1-3H3. The molecule has 2 aliphatic rings. The Hall–Kier alpha value is -2.28. The highest BCUT2D eigenvalue weighted by Gasteiger charge is 2.30.